The van der Waals surface area contributed by atoms with Gasteiger partial charge in [-0.2, -0.15) is 0 Å². The van der Waals surface area contributed by atoms with Gasteiger partial charge in [0.25, 0.3) is 0 Å². The van der Waals surface area contributed by atoms with E-state index in [9.17, 15) is 0 Å². The highest BCUT2D eigenvalue weighted by Gasteiger charge is 2.43. The van der Waals surface area contributed by atoms with Crippen LogP contribution in [-0.2, 0) is 4.84 Å². The predicted octanol–water partition coefficient (Wildman–Crippen LogP) is 4.95. The van der Waals surface area contributed by atoms with Crippen LogP contribution in [0.3, 0.4) is 0 Å². The van der Waals surface area contributed by atoms with Crippen molar-refractivity contribution in [3.8, 4) is 0 Å². The lowest BCUT2D eigenvalue weighted by molar-refractivity contribution is 0.0356. The average molecular weight is 330 g/mol. The van der Waals surface area contributed by atoms with Crippen molar-refractivity contribution in [3.05, 3.63) is 70.2 Å². The fourth-order valence-corrected chi connectivity index (χ4v) is 2.88. The van der Waals surface area contributed by atoms with E-state index in [1.165, 1.54) is 0 Å². The lowest BCUT2D eigenvalue weighted by atomic mass is 9.77. The molecule has 0 radical (unpaired) electrons. The van der Waals surface area contributed by atoms with Crippen molar-refractivity contribution in [2.75, 3.05) is 0 Å². The summed E-state index contributed by atoms with van der Waals surface area (Å²) < 4.78 is 1.07. The number of halogens is 1. The maximum absolute atomic E-state index is 5.73. The molecule has 0 N–H and O–H groups in total. The van der Waals surface area contributed by atoms with Gasteiger partial charge in [0.2, 0.25) is 0 Å². The summed E-state index contributed by atoms with van der Waals surface area (Å²) in [5.74, 6) is 0. The zero-order chi connectivity index (χ0) is 14.2. The van der Waals surface area contributed by atoms with Crippen molar-refractivity contribution in [2.45, 2.75) is 20.0 Å². The van der Waals surface area contributed by atoms with Crippen molar-refractivity contribution in [3.63, 3.8) is 0 Å². The van der Waals surface area contributed by atoms with Crippen LogP contribution in [0.15, 0.2) is 64.2 Å². The molecule has 0 amide bonds. The molecule has 20 heavy (non-hydrogen) atoms. The third-order valence-electron chi connectivity index (χ3n) is 3.74. The smallest absolute Gasteiger partial charge is 0.163 e. The van der Waals surface area contributed by atoms with Crippen molar-refractivity contribution in [1.29, 1.82) is 0 Å². The summed E-state index contributed by atoms with van der Waals surface area (Å²) in [5, 5.41) is 4.35. The molecule has 2 aromatic rings. The van der Waals surface area contributed by atoms with Crippen molar-refractivity contribution in [2.24, 2.45) is 10.6 Å². The molecular formula is C17H16BrNO. The van der Waals surface area contributed by atoms with Gasteiger partial charge in [0.15, 0.2) is 6.10 Å². The van der Waals surface area contributed by atoms with Crippen LogP contribution in [0.25, 0.3) is 0 Å². The Balaban J connectivity index is 1.94. The molecule has 1 aliphatic rings. The van der Waals surface area contributed by atoms with E-state index in [0.29, 0.717) is 0 Å². The number of hydrogen-bond acceptors (Lipinski definition) is 2. The molecule has 3 heteroatoms. The molecule has 0 saturated carbocycles. The SMILES string of the molecule is CC1(C)C(c2ccc(Br)cc2)=NOC1c1ccccc1. The van der Waals surface area contributed by atoms with Gasteiger partial charge < -0.3 is 4.84 Å². The number of rotatable bonds is 2. The van der Waals surface area contributed by atoms with Crippen LogP contribution in [0.4, 0.5) is 0 Å². The van der Waals surface area contributed by atoms with E-state index in [0.717, 1.165) is 21.3 Å². The van der Waals surface area contributed by atoms with Crippen LogP contribution in [-0.4, -0.2) is 5.71 Å². The maximum atomic E-state index is 5.73. The topological polar surface area (TPSA) is 21.6 Å². The molecule has 1 heterocycles. The van der Waals surface area contributed by atoms with Gasteiger partial charge in [-0.25, -0.2) is 0 Å². The largest absolute Gasteiger partial charge is 0.386 e. The summed E-state index contributed by atoms with van der Waals surface area (Å²) in [7, 11) is 0. The van der Waals surface area contributed by atoms with Gasteiger partial charge in [0, 0.05) is 10.0 Å². The van der Waals surface area contributed by atoms with Gasteiger partial charge in [-0.05, 0) is 17.7 Å². The molecule has 1 aliphatic heterocycles. The van der Waals surface area contributed by atoms with Crippen molar-refractivity contribution < 1.29 is 4.84 Å². The molecular weight excluding hydrogens is 314 g/mol. The van der Waals surface area contributed by atoms with Crippen LogP contribution >= 0.6 is 15.9 Å². The second-order valence-corrected chi connectivity index (χ2v) is 6.48. The van der Waals surface area contributed by atoms with Gasteiger partial charge >= 0.3 is 0 Å². The summed E-state index contributed by atoms with van der Waals surface area (Å²) in [5.41, 5.74) is 3.11. The van der Waals surface area contributed by atoms with E-state index in [2.05, 4.69) is 59.2 Å². The first-order chi connectivity index (χ1) is 9.59. The molecule has 0 fully saturated rings. The second-order valence-electron chi connectivity index (χ2n) is 5.56. The van der Waals surface area contributed by atoms with Crippen LogP contribution < -0.4 is 0 Å². The summed E-state index contributed by atoms with van der Waals surface area (Å²) in [6, 6.07) is 18.5. The summed E-state index contributed by atoms with van der Waals surface area (Å²) in [4.78, 5) is 5.73. The Labute approximate surface area is 127 Å². The van der Waals surface area contributed by atoms with E-state index < -0.39 is 0 Å². The van der Waals surface area contributed by atoms with Crippen LogP contribution in [0, 0.1) is 5.41 Å². The van der Waals surface area contributed by atoms with Crippen LogP contribution in [0.2, 0.25) is 0 Å². The Morgan fingerprint density at radius 2 is 1.65 bits per heavy atom. The normalized spacial score (nSPS) is 20.4. The van der Waals surface area contributed by atoms with E-state index in [1.807, 2.05) is 30.3 Å². The molecule has 3 rings (SSSR count). The van der Waals surface area contributed by atoms with E-state index in [1.54, 1.807) is 0 Å². The minimum absolute atomic E-state index is 0.0395. The Kier molecular flexibility index (Phi) is 3.38. The van der Waals surface area contributed by atoms with Gasteiger partial charge in [-0.3, -0.25) is 0 Å². The summed E-state index contributed by atoms with van der Waals surface area (Å²) in [6.45, 7) is 4.36. The zero-order valence-corrected chi connectivity index (χ0v) is 13.1. The highest BCUT2D eigenvalue weighted by molar-refractivity contribution is 9.10. The maximum Gasteiger partial charge on any atom is 0.163 e. The molecule has 102 valence electrons. The molecule has 1 atom stereocenters. The highest BCUT2D eigenvalue weighted by atomic mass is 79.9. The Bertz CT molecular complexity index is 632. The molecule has 0 bridgehead atoms. The highest BCUT2D eigenvalue weighted by Crippen LogP contribution is 2.44. The van der Waals surface area contributed by atoms with E-state index in [4.69, 9.17) is 4.84 Å². The standard InChI is InChI=1S/C17H16BrNO/c1-17(2)15(12-8-10-14(18)11-9-12)19-20-16(17)13-6-4-3-5-7-13/h3-11,16H,1-2H3. The molecule has 2 aromatic carbocycles. The van der Waals surface area contributed by atoms with Gasteiger partial charge in [-0.1, -0.05) is 77.4 Å². The minimum atomic E-state index is -0.158. The number of nitrogens with zero attached hydrogens (tertiary/aromatic N) is 1. The third kappa shape index (κ3) is 2.27. The third-order valence-corrected chi connectivity index (χ3v) is 4.26. The lowest BCUT2D eigenvalue weighted by Crippen LogP contribution is -2.27. The summed E-state index contributed by atoms with van der Waals surface area (Å²) in [6.07, 6.45) is -0.0395. The van der Waals surface area contributed by atoms with Crippen molar-refractivity contribution in [1.82, 2.24) is 0 Å². The van der Waals surface area contributed by atoms with E-state index in [-0.39, 0.29) is 11.5 Å². The molecule has 0 aromatic heterocycles. The Morgan fingerprint density at radius 1 is 1.00 bits per heavy atom. The monoisotopic (exact) mass is 329 g/mol. The van der Waals surface area contributed by atoms with Gasteiger partial charge in [-0.15, -0.1) is 0 Å². The quantitative estimate of drug-likeness (QED) is 0.763. The van der Waals surface area contributed by atoms with Gasteiger partial charge in [0.05, 0.1) is 11.1 Å². The molecule has 0 saturated heterocycles. The zero-order valence-electron chi connectivity index (χ0n) is 11.5. The summed E-state index contributed by atoms with van der Waals surface area (Å²) >= 11 is 3.46. The molecule has 0 aliphatic carbocycles. The first kappa shape index (κ1) is 13.4. The van der Waals surface area contributed by atoms with Crippen molar-refractivity contribution >= 4 is 21.6 Å². The second kappa shape index (κ2) is 5.06. The number of hydrogen-bond donors (Lipinski definition) is 0. The van der Waals surface area contributed by atoms with Crippen LogP contribution in [0.1, 0.15) is 31.1 Å². The lowest BCUT2D eigenvalue weighted by Gasteiger charge is -2.26. The van der Waals surface area contributed by atoms with E-state index >= 15 is 0 Å². The molecule has 0 spiro atoms. The Hall–Kier alpha value is -1.61. The number of benzene rings is 2. The average Bonchev–Trinajstić information content (AvgIpc) is 2.76. The molecule has 1 unspecified atom stereocenters. The fourth-order valence-electron chi connectivity index (χ4n) is 2.62. The number of oxime groups is 1. The first-order valence-electron chi connectivity index (χ1n) is 6.64. The Morgan fingerprint density at radius 3 is 2.30 bits per heavy atom. The van der Waals surface area contributed by atoms with Crippen LogP contribution in [0.5, 0.6) is 0 Å². The minimum Gasteiger partial charge on any atom is -0.386 e. The molecule has 2 nitrogen and oxygen atoms in total. The predicted molar refractivity (Wildman–Crippen MR) is 84.7 cm³/mol. The van der Waals surface area contributed by atoms with Gasteiger partial charge in [0.1, 0.15) is 0 Å². The first-order valence-corrected chi connectivity index (χ1v) is 7.43. The fraction of sp³-hybridized carbons (Fsp3) is 0.235.